The van der Waals surface area contributed by atoms with E-state index < -0.39 is 0 Å². The molecular weight excluding hydrogens is 767 g/mol. The van der Waals surface area contributed by atoms with Crippen LogP contribution in [0.15, 0.2) is 249 Å². The number of thiophene rings is 1. The molecule has 1 nitrogen and oxygen atoms in total. The first-order valence-electron chi connectivity index (χ1n) is 21.2. The van der Waals surface area contributed by atoms with E-state index in [0.717, 1.165) is 17.1 Å². The lowest BCUT2D eigenvalue weighted by atomic mass is 9.94. The third kappa shape index (κ3) is 7.28. The van der Waals surface area contributed by atoms with Gasteiger partial charge in [0.2, 0.25) is 0 Å². The van der Waals surface area contributed by atoms with Crippen molar-refractivity contribution in [2.45, 2.75) is 0 Å². The summed E-state index contributed by atoms with van der Waals surface area (Å²) in [5, 5.41) is 2.60. The van der Waals surface area contributed by atoms with Gasteiger partial charge in [0.25, 0.3) is 0 Å². The van der Waals surface area contributed by atoms with Crippen LogP contribution in [0, 0.1) is 0 Å². The Balaban J connectivity index is 0.933. The van der Waals surface area contributed by atoms with E-state index in [1.807, 2.05) is 11.3 Å². The summed E-state index contributed by atoms with van der Waals surface area (Å²) in [5.41, 5.74) is 17.9. The number of hydrogen-bond acceptors (Lipinski definition) is 2. The van der Waals surface area contributed by atoms with Gasteiger partial charge in [-0.3, -0.25) is 0 Å². The number of rotatable bonds is 9. The minimum absolute atomic E-state index is 1.10. The van der Waals surface area contributed by atoms with E-state index in [1.165, 1.54) is 86.9 Å². The molecule has 0 spiro atoms. The molecule has 0 fully saturated rings. The molecule has 0 aliphatic rings. The van der Waals surface area contributed by atoms with Gasteiger partial charge in [0, 0.05) is 42.8 Å². The molecule has 0 radical (unpaired) electrons. The van der Waals surface area contributed by atoms with E-state index in [0.29, 0.717) is 0 Å². The van der Waals surface area contributed by atoms with E-state index in [1.54, 1.807) is 0 Å². The molecule has 0 N–H and O–H groups in total. The standard InChI is InChI=1S/C60H41NS/c1-5-13-42(14-6-1)46-25-32-53(33-26-46)61(54-34-27-47(28-35-54)43-15-7-2-8-16-43)55-36-29-48(30-37-55)45-21-23-49(24-22-45)52-40-56(50-19-11-4-12-20-50)60-58(41-52)57-39-51(31-38-59(57)62-60)44-17-9-3-10-18-44/h1-41H. The minimum Gasteiger partial charge on any atom is -0.311 e. The van der Waals surface area contributed by atoms with Gasteiger partial charge in [-0.1, -0.05) is 188 Å². The molecule has 10 aromatic carbocycles. The van der Waals surface area contributed by atoms with E-state index in [4.69, 9.17) is 0 Å². The van der Waals surface area contributed by atoms with Crippen LogP contribution in [0.2, 0.25) is 0 Å². The maximum atomic E-state index is 2.40. The third-order valence-corrected chi connectivity index (χ3v) is 13.1. The van der Waals surface area contributed by atoms with Crippen molar-refractivity contribution in [3.05, 3.63) is 249 Å². The lowest BCUT2D eigenvalue weighted by Gasteiger charge is -2.26. The average Bonchev–Trinajstić information content (AvgIpc) is 3.73. The molecule has 62 heavy (non-hydrogen) atoms. The normalized spacial score (nSPS) is 11.2. The van der Waals surface area contributed by atoms with Crippen LogP contribution < -0.4 is 4.90 Å². The Kier molecular flexibility index (Phi) is 9.82. The van der Waals surface area contributed by atoms with Gasteiger partial charge in [-0.15, -0.1) is 11.3 Å². The van der Waals surface area contributed by atoms with E-state index >= 15 is 0 Å². The fourth-order valence-corrected chi connectivity index (χ4v) is 9.86. The number of benzene rings is 10. The summed E-state index contributed by atoms with van der Waals surface area (Å²) in [6, 6.07) is 90.1. The number of fused-ring (bicyclic) bond motifs is 3. The van der Waals surface area contributed by atoms with Gasteiger partial charge in [0.1, 0.15) is 0 Å². The zero-order valence-corrected chi connectivity index (χ0v) is 34.8. The fraction of sp³-hybridized carbons (Fsp3) is 0. The summed E-state index contributed by atoms with van der Waals surface area (Å²) in [6.07, 6.45) is 0. The Labute approximate surface area is 367 Å². The largest absolute Gasteiger partial charge is 0.311 e. The summed E-state index contributed by atoms with van der Waals surface area (Å²) < 4.78 is 2.63. The molecular formula is C60H41NS. The average molecular weight is 808 g/mol. The second kappa shape index (κ2) is 16.3. The maximum absolute atomic E-state index is 2.40. The summed E-state index contributed by atoms with van der Waals surface area (Å²) in [5.74, 6) is 0. The molecule has 1 heterocycles. The van der Waals surface area contributed by atoms with Gasteiger partial charge < -0.3 is 4.90 Å². The van der Waals surface area contributed by atoms with Crippen molar-refractivity contribution in [1.82, 2.24) is 0 Å². The first-order valence-corrected chi connectivity index (χ1v) is 22.0. The highest BCUT2D eigenvalue weighted by atomic mass is 32.1. The first-order chi connectivity index (χ1) is 30.7. The highest BCUT2D eigenvalue weighted by molar-refractivity contribution is 7.26. The molecule has 292 valence electrons. The molecule has 0 saturated heterocycles. The molecule has 0 bridgehead atoms. The Morgan fingerprint density at radius 1 is 0.242 bits per heavy atom. The van der Waals surface area contributed by atoms with Crippen molar-refractivity contribution in [2.24, 2.45) is 0 Å². The molecule has 0 amide bonds. The lowest BCUT2D eigenvalue weighted by Crippen LogP contribution is -2.09. The van der Waals surface area contributed by atoms with Crippen molar-refractivity contribution >= 4 is 48.6 Å². The van der Waals surface area contributed by atoms with Gasteiger partial charge in [-0.2, -0.15) is 0 Å². The van der Waals surface area contributed by atoms with Crippen LogP contribution in [0.5, 0.6) is 0 Å². The lowest BCUT2D eigenvalue weighted by molar-refractivity contribution is 1.28. The SMILES string of the molecule is c1ccc(-c2ccc(N(c3ccc(-c4ccccc4)cc3)c3ccc(-c4ccc(-c5cc(-c6ccccc6)c6sc7ccc(-c8ccccc8)cc7c6c5)cc4)cc3)cc2)cc1. The van der Waals surface area contributed by atoms with Gasteiger partial charge in [-0.25, -0.2) is 0 Å². The molecule has 1 aromatic heterocycles. The summed E-state index contributed by atoms with van der Waals surface area (Å²) in [7, 11) is 0. The van der Waals surface area contributed by atoms with E-state index in [2.05, 4.69) is 254 Å². The van der Waals surface area contributed by atoms with Crippen molar-refractivity contribution in [3.63, 3.8) is 0 Å². The van der Waals surface area contributed by atoms with E-state index in [9.17, 15) is 0 Å². The molecule has 2 heteroatoms. The number of hydrogen-bond donors (Lipinski definition) is 0. The van der Waals surface area contributed by atoms with Gasteiger partial charge in [-0.05, 0) is 122 Å². The fourth-order valence-electron chi connectivity index (χ4n) is 8.66. The summed E-state index contributed by atoms with van der Waals surface area (Å²) >= 11 is 1.89. The van der Waals surface area contributed by atoms with Crippen LogP contribution in [-0.4, -0.2) is 0 Å². The summed E-state index contributed by atoms with van der Waals surface area (Å²) in [6.45, 7) is 0. The zero-order valence-electron chi connectivity index (χ0n) is 34.0. The second-order valence-corrected chi connectivity index (χ2v) is 16.8. The molecule has 0 aliphatic heterocycles. The van der Waals surface area contributed by atoms with Crippen LogP contribution >= 0.6 is 11.3 Å². The van der Waals surface area contributed by atoms with Crippen LogP contribution in [0.4, 0.5) is 17.1 Å². The van der Waals surface area contributed by atoms with E-state index in [-0.39, 0.29) is 0 Å². The zero-order chi connectivity index (χ0) is 41.2. The number of anilines is 3. The molecule has 0 unspecified atom stereocenters. The molecule has 11 rings (SSSR count). The highest BCUT2D eigenvalue weighted by Gasteiger charge is 2.16. The van der Waals surface area contributed by atoms with Crippen molar-refractivity contribution in [2.75, 3.05) is 4.90 Å². The van der Waals surface area contributed by atoms with Crippen LogP contribution in [0.25, 0.3) is 86.9 Å². The molecule has 0 saturated carbocycles. The van der Waals surface area contributed by atoms with Gasteiger partial charge in [0.05, 0.1) is 0 Å². The van der Waals surface area contributed by atoms with Crippen LogP contribution in [-0.2, 0) is 0 Å². The predicted octanol–water partition coefficient (Wildman–Crippen LogP) is 17.5. The Morgan fingerprint density at radius 2 is 0.565 bits per heavy atom. The van der Waals surface area contributed by atoms with Crippen LogP contribution in [0.3, 0.4) is 0 Å². The highest BCUT2D eigenvalue weighted by Crippen LogP contribution is 2.44. The quantitative estimate of drug-likeness (QED) is 0.140. The Bertz CT molecular complexity index is 3180. The van der Waals surface area contributed by atoms with Crippen molar-refractivity contribution < 1.29 is 0 Å². The second-order valence-electron chi connectivity index (χ2n) is 15.7. The number of nitrogens with zero attached hydrogens (tertiary/aromatic N) is 1. The topological polar surface area (TPSA) is 3.24 Å². The Hall–Kier alpha value is -7.78. The Morgan fingerprint density at radius 3 is 1.00 bits per heavy atom. The predicted molar refractivity (Wildman–Crippen MR) is 267 cm³/mol. The van der Waals surface area contributed by atoms with Crippen molar-refractivity contribution in [3.8, 4) is 66.8 Å². The van der Waals surface area contributed by atoms with Gasteiger partial charge in [0.15, 0.2) is 0 Å². The van der Waals surface area contributed by atoms with Crippen LogP contribution in [0.1, 0.15) is 0 Å². The maximum Gasteiger partial charge on any atom is 0.0462 e. The third-order valence-electron chi connectivity index (χ3n) is 11.9. The van der Waals surface area contributed by atoms with Crippen molar-refractivity contribution in [1.29, 1.82) is 0 Å². The molecule has 0 aliphatic carbocycles. The molecule has 11 aromatic rings. The van der Waals surface area contributed by atoms with Gasteiger partial charge >= 0.3 is 0 Å². The molecule has 0 atom stereocenters. The minimum atomic E-state index is 1.10. The summed E-state index contributed by atoms with van der Waals surface area (Å²) in [4.78, 5) is 2.34. The first kappa shape index (κ1) is 37.2. The monoisotopic (exact) mass is 807 g/mol. The smallest absolute Gasteiger partial charge is 0.0462 e.